The number of nitrogens with zero attached hydrogens (tertiary/aromatic N) is 1. The molecule has 3 heteroatoms. The topological polar surface area (TPSA) is 43.7 Å². The highest BCUT2D eigenvalue weighted by Crippen LogP contribution is 2.33. The first kappa shape index (κ1) is 13.2. The molecule has 0 saturated carbocycles. The maximum atomic E-state index is 9.57. The maximum Gasteiger partial charge on any atom is 0.119 e. The molecule has 1 aromatic rings. The molecule has 2 rings (SSSR count). The Morgan fingerprint density at radius 1 is 1.17 bits per heavy atom. The molecule has 3 nitrogen and oxygen atoms in total. The Balaban J connectivity index is 2.17. The van der Waals surface area contributed by atoms with Gasteiger partial charge < -0.3 is 10.2 Å². The van der Waals surface area contributed by atoms with Gasteiger partial charge in [-0.2, -0.15) is 0 Å². The molecule has 0 amide bonds. The van der Waals surface area contributed by atoms with Crippen molar-refractivity contribution in [2.45, 2.75) is 45.7 Å². The van der Waals surface area contributed by atoms with Crippen LogP contribution in [-0.2, 0) is 0 Å². The zero-order valence-electron chi connectivity index (χ0n) is 11.4. The summed E-state index contributed by atoms with van der Waals surface area (Å²) >= 11 is 0. The van der Waals surface area contributed by atoms with Crippen LogP contribution >= 0.6 is 0 Å². The first-order valence-corrected chi connectivity index (χ1v) is 6.76. The van der Waals surface area contributed by atoms with Gasteiger partial charge in [0, 0.05) is 18.2 Å². The van der Waals surface area contributed by atoms with Gasteiger partial charge in [0.1, 0.15) is 11.5 Å². The number of rotatable bonds is 2. The highest BCUT2D eigenvalue weighted by atomic mass is 16.3. The highest BCUT2D eigenvalue weighted by molar-refractivity contribution is 5.38. The number of hydrogen-bond donors (Lipinski definition) is 2. The summed E-state index contributed by atoms with van der Waals surface area (Å²) in [6.45, 7) is 7.79. The van der Waals surface area contributed by atoms with Crippen LogP contribution in [0.4, 0.5) is 0 Å². The predicted molar refractivity (Wildman–Crippen MR) is 72.8 cm³/mol. The normalized spacial score (nSPS) is 27.1. The first-order valence-electron chi connectivity index (χ1n) is 6.76. The van der Waals surface area contributed by atoms with E-state index >= 15 is 0 Å². The third kappa shape index (κ3) is 2.78. The molecular weight excluding hydrogens is 226 g/mol. The zero-order valence-corrected chi connectivity index (χ0v) is 11.4. The van der Waals surface area contributed by atoms with Crippen LogP contribution in [-0.4, -0.2) is 27.7 Å². The van der Waals surface area contributed by atoms with Crippen molar-refractivity contribution in [3.05, 3.63) is 23.8 Å². The van der Waals surface area contributed by atoms with Gasteiger partial charge in [-0.25, -0.2) is 0 Å². The molecule has 0 radical (unpaired) electrons. The molecule has 0 aromatic heterocycles. The van der Waals surface area contributed by atoms with Gasteiger partial charge >= 0.3 is 0 Å². The SMILES string of the molecule is CC1CCN(C(C)c2cc(O)cc(O)c2)C(C)C1. The van der Waals surface area contributed by atoms with Crippen LogP contribution in [0.1, 0.15) is 45.2 Å². The summed E-state index contributed by atoms with van der Waals surface area (Å²) < 4.78 is 0. The zero-order chi connectivity index (χ0) is 13.3. The van der Waals surface area contributed by atoms with Gasteiger partial charge in [0.25, 0.3) is 0 Å². The van der Waals surface area contributed by atoms with Crippen molar-refractivity contribution >= 4 is 0 Å². The third-order valence-corrected chi connectivity index (χ3v) is 4.09. The fourth-order valence-corrected chi connectivity index (χ4v) is 3.05. The van der Waals surface area contributed by atoms with Gasteiger partial charge in [-0.1, -0.05) is 6.92 Å². The number of phenols is 2. The number of likely N-dealkylation sites (tertiary alicyclic amines) is 1. The molecule has 2 N–H and O–H groups in total. The van der Waals surface area contributed by atoms with Crippen LogP contribution in [0.2, 0.25) is 0 Å². The molecule has 3 atom stereocenters. The summed E-state index contributed by atoms with van der Waals surface area (Å²) in [5, 5.41) is 19.1. The van der Waals surface area contributed by atoms with Crippen LogP contribution in [0.5, 0.6) is 11.5 Å². The Bertz CT molecular complexity index is 399. The fourth-order valence-electron chi connectivity index (χ4n) is 3.05. The Hall–Kier alpha value is -1.22. The Morgan fingerprint density at radius 3 is 2.33 bits per heavy atom. The minimum absolute atomic E-state index is 0.134. The smallest absolute Gasteiger partial charge is 0.119 e. The summed E-state index contributed by atoms with van der Waals surface area (Å²) in [4.78, 5) is 2.45. The average molecular weight is 249 g/mol. The van der Waals surface area contributed by atoms with E-state index in [-0.39, 0.29) is 17.5 Å². The van der Waals surface area contributed by atoms with Gasteiger partial charge in [-0.05, 0) is 56.8 Å². The largest absolute Gasteiger partial charge is 0.508 e. The number of aromatic hydroxyl groups is 2. The van der Waals surface area contributed by atoms with Crippen molar-refractivity contribution in [2.24, 2.45) is 5.92 Å². The first-order chi connectivity index (χ1) is 8.47. The second-order valence-electron chi connectivity index (χ2n) is 5.68. The molecule has 0 bridgehead atoms. The average Bonchev–Trinajstić information content (AvgIpc) is 2.26. The molecule has 1 saturated heterocycles. The third-order valence-electron chi connectivity index (χ3n) is 4.09. The van der Waals surface area contributed by atoms with Gasteiger partial charge in [0.2, 0.25) is 0 Å². The lowest BCUT2D eigenvalue weighted by Crippen LogP contribution is -2.41. The molecule has 1 fully saturated rings. The van der Waals surface area contributed by atoms with E-state index in [1.54, 1.807) is 12.1 Å². The monoisotopic (exact) mass is 249 g/mol. The number of piperidine rings is 1. The quantitative estimate of drug-likeness (QED) is 0.845. The van der Waals surface area contributed by atoms with Gasteiger partial charge in [0.05, 0.1) is 0 Å². The molecule has 1 aliphatic rings. The van der Waals surface area contributed by atoms with Crippen molar-refractivity contribution in [3.8, 4) is 11.5 Å². The van der Waals surface area contributed by atoms with Crippen molar-refractivity contribution in [2.75, 3.05) is 6.54 Å². The molecule has 1 heterocycles. The lowest BCUT2D eigenvalue weighted by molar-refractivity contribution is 0.0892. The standard InChI is InChI=1S/C15H23NO2/c1-10-4-5-16(11(2)6-10)12(3)13-7-14(17)9-15(18)8-13/h7-12,17-18H,4-6H2,1-3H3. The van der Waals surface area contributed by atoms with Crippen molar-refractivity contribution in [1.82, 2.24) is 4.90 Å². The maximum absolute atomic E-state index is 9.57. The van der Waals surface area contributed by atoms with Gasteiger partial charge in [-0.3, -0.25) is 4.90 Å². The van der Waals surface area contributed by atoms with Crippen LogP contribution in [0.15, 0.2) is 18.2 Å². The van der Waals surface area contributed by atoms with Crippen LogP contribution < -0.4 is 0 Å². The van der Waals surface area contributed by atoms with Crippen LogP contribution in [0.25, 0.3) is 0 Å². The lowest BCUT2D eigenvalue weighted by atomic mass is 9.91. The molecule has 1 aromatic carbocycles. The fraction of sp³-hybridized carbons (Fsp3) is 0.600. The van der Waals surface area contributed by atoms with E-state index in [4.69, 9.17) is 0 Å². The summed E-state index contributed by atoms with van der Waals surface area (Å²) in [5.41, 5.74) is 0.980. The summed E-state index contributed by atoms with van der Waals surface area (Å²) in [7, 11) is 0. The molecule has 100 valence electrons. The molecule has 0 spiro atoms. The van der Waals surface area contributed by atoms with E-state index in [1.165, 1.54) is 18.9 Å². The van der Waals surface area contributed by atoms with Gasteiger partial charge in [-0.15, -0.1) is 0 Å². The van der Waals surface area contributed by atoms with E-state index in [0.29, 0.717) is 6.04 Å². The Morgan fingerprint density at radius 2 is 1.78 bits per heavy atom. The van der Waals surface area contributed by atoms with Crippen molar-refractivity contribution in [1.29, 1.82) is 0 Å². The molecular formula is C15H23NO2. The second-order valence-corrected chi connectivity index (χ2v) is 5.68. The summed E-state index contributed by atoms with van der Waals surface area (Å²) in [5.74, 6) is 1.06. The molecule has 0 aliphatic carbocycles. The van der Waals surface area contributed by atoms with E-state index in [0.717, 1.165) is 18.0 Å². The van der Waals surface area contributed by atoms with E-state index < -0.39 is 0 Å². The Kier molecular flexibility index (Phi) is 3.81. The Labute approximate surface area is 109 Å². The highest BCUT2D eigenvalue weighted by Gasteiger charge is 2.27. The molecule has 3 unspecified atom stereocenters. The summed E-state index contributed by atoms with van der Waals surface area (Å²) in [6.07, 6.45) is 2.44. The minimum Gasteiger partial charge on any atom is -0.508 e. The van der Waals surface area contributed by atoms with Gasteiger partial charge in [0.15, 0.2) is 0 Å². The lowest BCUT2D eigenvalue weighted by Gasteiger charge is -2.40. The number of phenolic OH excluding ortho intramolecular Hbond substituents is 2. The summed E-state index contributed by atoms with van der Waals surface area (Å²) in [6, 6.07) is 5.64. The molecule has 1 aliphatic heterocycles. The van der Waals surface area contributed by atoms with E-state index in [2.05, 4.69) is 25.7 Å². The predicted octanol–water partition coefficient (Wildman–Crippen LogP) is 3.28. The van der Waals surface area contributed by atoms with Crippen molar-refractivity contribution < 1.29 is 10.2 Å². The number of benzene rings is 1. The van der Waals surface area contributed by atoms with E-state index in [9.17, 15) is 10.2 Å². The minimum atomic E-state index is 0.134. The van der Waals surface area contributed by atoms with Crippen LogP contribution in [0.3, 0.4) is 0 Å². The number of hydrogen-bond acceptors (Lipinski definition) is 3. The molecule has 18 heavy (non-hydrogen) atoms. The van der Waals surface area contributed by atoms with Crippen LogP contribution in [0, 0.1) is 5.92 Å². The second kappa shape index (κ2) is 5.19. The van der Waals surface area contributed by atoms with E-state index in [1.807, 2.05) is 0 Å². The van der Waals surface area contributed by atoms with Crippen molar-refractivity contribution in [3.63, 3.8) is 0 Å².